The molecule has 11 heteroatoms. The predicted molar refractivity (Wildman–Crippen MR) is 132 cm³/mol. The normalized spacial score (nSPS) is 15.1. The van der Waals surface area contributed by atoms with Gasteiger partial charge in [-0.25, -0.2) is 9.59 Å². The zero-order valence-corrected chi connectivity index (χ0v) is 21.0. The van der Waals surface area contributed by atoms with E-state index >= 15 is 0 Å². The molecule has 1 aliphatic rings. The van der Waals surface area contributed by atoms with Crippen molar-refractivity contribution in [1.29, 1.82) is 0 Å². The van der Waals surface area contributed by atoms with Gasteiger partial charge in [0.1, 0.15) is 11.8 Å². The summed E-state index contributed by atoms with van der Waals surface area (Å²) in [6, 6.07) is 5.00. The Bertz CT molecular complexity index is 941. The molecular weight excluding hydrogens is 484 g/mol. The highest BCUT2D eigenvalue weighted by Gasteiger charge is 2.38. The standard InChI is InChI=1S/C26H36N2O9/c1-2-3-6-13-27-23(32)19(28-20(29)15-26(16-21(30)31)11-4-5-12-26)14-17-7-9-18(10-8-17)37-22(24(33)34)25(35)36/h7-10,19,22H,2-6,11-16H2,1H3,(H,27,32)(H,28,29)(H,30,31)(H,33,34)(H,35,36). The van der Waals surface area contributed by atoms with E-state index in [1.165, 1.54) is 12.1 Å². The zero-order chi connectivity index (χ0) is 27.4. The molecule has 1 aromatic carbocycles. The SMILES string of the molecule is CCCCCNC(=O)C(Cc1ccc(OC(C(=O)O)C(=O)O)cc1)NC(=O)CC1(CC(=O)O)CCCC1. The molecule has 1 aromatic rings. The number of hydrogen-bond donors (Lipinski definition) is 5. The molecule has 0 aromatic heterocycles. The molecule has 0 heterocycles. The Morgan fingerprint density at radius 3 is 2.11 bits per heavy atom. The Labute approximate surface area is 215 Å². The number of carboxylic acid groups (broad SMARTS) is 3. The van der Waals surface area contributed by atoms with Gasteiger partial charge in [-0.1, -0.05) is 44.7 Å². The Morgan fingerprint density at radius 1 is 0.946 bits per heavy atom. The van der Waals surface area contributed by atoms with Gasteiger partial charge in [0.15, 0.2) is 0 Å². The lowest BCUT2D eigenvalue weighted by molar-refractivity contribution is -0.159. The molecule has 1 fully saturated rings. The van der Waals surface area contributed by atoms with Gasteiger partial charge in [0.25, 0.3) is 6.10 Å². The number of nitrogens with one attached hydrogen (secondary N) is 2. The number of aliphatic carboxylic acids is 3. The molecule has 0 radical (unpaired) electrons. The molecule has 37 heavy (non-hydrogen) atoms. The van der Waals surface area contributed by atoms with Gasteiger partial charge in [0.2, 0.25) is 11.8 Å². The first-order chi connectivity index (χ1) is 17.5. The summed E-state index contributed by atoms with van der Waals surface area (Å²) in [5.74, 6) is -4.94. The van der Waals surface area contributed by atoms with Crippen LogP contribution in [-0.2, 0) is 30.4 Å². The molecule has 0 spiro atoms. The van der Waals surface area contributed by atoms with Gasteiger partial charge >= 0.3 is 17.9 Å². The minimum absolute atomic E-state index is 0.0253. The van der Waals surface area contributed by atoms with Crippen LogP contribution in [0.5, 0.6) is 5.75 Å². The van der Waals surface area contributed by atoms with Crippen molar-refractivity contribution in [3.05, 3.63) is 29.8 Å². The molecule has 0 bridgehead atoms. The number of hydrogen-bond acceptors (Lipinski definition) is 6. The van der Waals surface area contributed by atoms with E-state index in [-0.39, 0.29) is 36.8 Å². The van der Waals surface area contributed by atoms with Crippen LogP contribution in [0.25, 0.3) is 0 Å². The Hall–Kier alpha value is -3.63. The van der Waals surface area contributed by atoms with Gasteiger partial charge in [-0.15, -0.1) is 0 Å². The largest absolute Gasteiger partial charge is 0.481 e. The van der Waals surface area contributed by atoms with E-state index in [0.29, 0.717) is 24.9 Å². The lowest BCUT2D eigenvalue weighted by Gasteiger charge is -2.27. The second-order valence-electron chi connectivity index (χ2n) is 9.60. The fourth-order valence-electron chi connectivity index (χ4n) is 4.65. The third-order valence-corrected chi connectivity index (χ3v) is 6.52. The molecular formula is C26H36N2O9. The van der Waals surface area contributed by atoms with Gasteiger partial charge < -0.3 is 30.7 Å². The highest BCUT2D eigenvalue weighted by Crippen LogP contribution is 2.44. The van der Waals surface area contributed by atoms with E-state index in [2.05, 4.69) is 10.6 Å². The minimum atomic E-state index is -2.06. The van der Waals surface area contributed by atoms with Crippen molar-refractivity contribution in [2.75, 3.05) is 6.54 Å². The number of benzene rings is 1. The second-order valence-corrected chi connectivity index (χ2v) is 9.60. The van der Waals surface area contributed by atoms with Crippen LogP contribution >= 0.6 is 0 Å². The first kappa shape index (κ1) is 29.6. The summed E-state index contributed by atoms with van der Waals surface area (Å²) >= 11 is 0. The van der Waals surface area contributed by atoms with Gasteiger partial charge in [0, 0.05) is 19.4 Å². The fraction of sp³-hybridized carbons (Fsp3) is 0.577. The smallest absolute Gasteiger partial charge is 0.356 e. The Kier molecular flexibility index (Phi) is 11.4. The maximum atomic E-state index is 13.0. The van der Waals surface area contributed by atoms with Crippen molar-refractivity contribution in [3.8, 4) is 5.75 Å². The summed E-state index contributed by atoms with van der Waals surface area (Å²) in [6.45, 7) is 2.50. The van der Waals surface area contributed by atoms with Crippen molar-refractivity contribution in [1.82, 2.24) is 10.6 Å². The number of carbonyl (C=O) groups excluding carboxylic acids is 2. The van der Waals surface area contributed by atoms with Gasteiger partial charge in [0.05, 0.1) is 6.42 Å². The molecule has 1 saturated carbocycles. The number of carbonyl (C=O) groups is 5. The highest BCUT2D eigenvalue weighted by atomic mass is 16.5. The van der Waals surface area contributed by atoms with Gasteiger partial charge in [-0.3, -0.25) is 14.4 Å². The second kappa shape index (κ2) is 14.2. The molecule has 204 valence electrons. The molecule has 1 unspecified atom stereocenters. The van der Waals surface area contributed by atoms with Crippen molar-refractivity contribution >= 4 is 29.7 Å². The van der Waals surface area contributed by atoms with Gasteiger partial charge in [-0.2, -0.15) is 0 Å². The summed E-state index contributed by atoms with van der Waals surface area (Å²) in [7, 11) is 0. The van der Waals surface area contributed by atoms with Crippen LogP contribution in [0.15, 0.2) is 24.3 Å². The average molecular weight is 521 g/mol. The van der Waals surface area contributed by atoms with Crippen molar-refractivity contribution in [3.63, 3.8) is 0 Å². The average Bonchev–Trinajstić information content (AvgIpc) is 3.27. The maximum Gasteiger partial charge on any atom is 0.356 e. The van der Waals surface area contributed by atoms with E-state index in [1.807, 2.05) is 6.92 Å². The number of ether oxygens (including phenoxy) is 1. The summed E-state index contributed by atoms with van der Waals surface area (Å²) in [6.07, 6.45) is 3.75. The highest BCUT2D eigenvalue weighted by molar-refractivity contribution is 5.96. The summed E-state index contributed by atoms with van der Waals surface area (Å²) in [5.41, 5.74) is 0.0201. The fourth-order valence-corrected chi connectivity index (χ4v) is 4.65. The molecule has 11 nitrogen and oxygen atoms in total. The molecule has 1 atom stereocenters. The number of rotatable bonds is 16. The molecule has 2 amide bonds. The van der Waals surface area contributed by atoms with Crippen LogP contribution in [-0.4, -0.2) is 63.7 Å². The first-order valence-electron chi connectivity index (χ1n) is 12.6. The van der Waals surface area contributed by atoms with Crippen LogP contribution in [0.4, 0.5) is 0 Å². The van der Waals surface area contributed by atoms with Crippen LogP contribution in [0.1, 0.15) is 70.3 Å². The van der Waals surface area contributed by atoms with E-state index in [9.17, 15) is 29.1 Å². The van der Waals surface area contributed by atoms with Crippen molar-refractivity contribution in [2.24, 2.45) is 5.41 Å². The Morgan fingerprint density at radius 2 is 1.57 bits per heavy atom. The molecule has 2 rings (SSSR count). The van der Waals surface area contributed by atoms with Crippen LogP contribution in [0, 0.1) is 5.41 Å². The number of amides is 2. The molecule has 0 aliphatic heterocycles. The lowest BCUT2D eigenvalue weighted by atomic mass is 9.79. The third-order valence-electron chi connectivity index (χ3n) is 6.52. The van der Waals surface area contributed by atoms with E-state index < -0.39 is 35.5 Å². The number of carboxylic acids is 3. The predicted octanol–water partition coefficient (Wildman–Crippen LogP) is 2.36. The summed E-state index contributed by atoms with van der Waals surface area (Å²) in [5, 5.41) is 32.9. The first-order valence-corrected chi connectivity index (χ1v) is 12.6. The minimum Gasteiger partial charge on any atom is -0.481 e. The van der Waals surface area contributed by atoms with Crippen LogP contribution in [0.2, 0.25) is 0 Å². The van der Waals surface area contributed by atoms with E-state index in [4.69, 9.17) is 14.9 Å². The van der Waals surface area contributed by atoms with E-state index in [1.54, 1.807) is 12.1 Å². The molecule has 5 N–H and O–H groups in total. The van der Waals surface area contributed by atoms with Crippen LogP contribution < -0.4 is 15.4 Å². The lowest BCUT2D eigenvalue weighted by Crippen LogP contribution is -2.49. The third kappa shape index (κ3) is 9.74. The monoisotopic (exact) mass is 520 g/mol. The van der Waals surface area contributed by atoms with Crippen LogP contribution in [0.3, 0.4) is 0 Å². The zero-order valence-electron chi connectivity index (χ0n) is 21.0. The summed E-state index contributed by atoms with van der Waals surface area (Å²) < 4.78 is 5.01. The van der Waals surface area contributed by atoms with Gasteiger partial charge in [-0.05, 0) is 42.4 Å². The maximum absolute atomic E-state index is 13.0. The molecule has 0 saturated heterocycles. The van der Waals surface area contributed by atoms with Crippen molar-refractivity contribution < 1.29 is 44.0 Å². The van der Waals surface area contributed by atoms with Crippen molar-refractivity contribution in [2.45, 2.75) is 83.3 Å². The quantitative estimate of drug-likeness (QED) is 0.161. The number of unbranched alkanes of at least 4 members (excludes halogenated alkanes) is 2. The Balaban J connectivity index is 2.11. The topological polar surface area (TPSA) is 179 Å². The molecule has 1 aliphatic carbocycles. The summed E-state index contributed by atoms with van der Waals surface area (Å²) in [4.78, 5) is 59.4. The van der Waals surface area contributed by atoms with E-state index in [0.717, 1.165) is 32.1 Å².